The van der Waals surface area contributed by atoms with E-state index in [9.17, 15) is 9.59 Å². The lowest BCUT2D eigenvalue weighted by atomic mass is 10.0. The first-order valence-corrected chi connectivity index (χ1v) is 8.27. The Kier molecular flexibility index (Phi) is 4.46. The summed E-state index contributed by atoms with van der Waals surface area (Å²) < 4.78 is 0. The van der Waals surface area contributed by atoms with Crippen LogP contribution in [0.5, 0.6) is 0 Å². The summed E-state index contributed by atoms with van der Waals surface area (Å²) in [6.45, 7) is 2.65. The van der Waals surface area contributed by atoms with Crippen molar-refractivity contribution in [2.75, 3.05) is 6.54 Å². The molecule has 22 heavy (non-hydrogen) atoms. The average Bonchev–Trinajstić information content (AvgIpc) is 3.28. The Morgan fingerprint density at radius 2 is 2.05 bits per heavy atom. The third kappa shape index (κ3) is 3.67. The number of amides is 2. The van der Waals surface area contributed by atoms with Crippen LogP contribution in [0.15, 0.2) is 30.3 Å². The molecule has 2 amide bonds. The van der Waals surface area contributed by atoms with Gasteiger partial charge in [0.2, 0.25) is 11.8 Å². The van der Waals surface area contributed by atoms with Crippen molar-refractivity contribution in [3.05, 3.63) is 35.9 Å². The smallest absolute Gasteiger partial charge is 0.225 e. The van der Waals surface area contributed by atoms with Gasteiger partial charge in [0.15, 0.2) is 0 Å². The maximum Gasteiger partial charge on any atom is 0.225 e. The maximum absolute atomic E-state index is 12.3. The number of benzene rings is 1. The van der Waals surface area contributed by atoms with Crippen molar-refractivity contribution >= 4 is 11.8 Å². The highest BCUT2D eigenvalue weighted by Gasteiger charge is 2.41. The van der Waals surface area contributed by atoms with Gasteiger partial charge in [0.05, 0.1) is 5.92 Å². The highest BCUT2D eigenvalue weighted by molar-refractivity contribution is 5.89. The SMILES string of the molecule is C[C@@H](CCc1ccccc1)NC(=O)[C@@H]1CC(=O)N(C2CC2)C1. The van der Waals surface area contributed by atoms with Crippen molar-refractivity contribution < 1.29 is 9.59 Å². The highest BCUT2D eigenvalue weighted by atomic mass is 16.2. The van der Waals surface area contributed by atoms with Crippen LogP contribution >= 0.6 is 0 Å². The molecule has 1 saturated carbocycles. The number of likely N-dealkylation sites (tertiary alicyclic amines) is 1. The number of hydrogen-bond acceptors (Lipinski definition) is 2. The Balaban J connectivity index is 1.44. The molecule has 0 aromatic heterocycles. The van der Waals surface area contributed by atoms with Gasteiger partial charge in [0, 0.05) is 25.0 Å². The number of carbonyl (C=O) groups excluding carboxylic acids is 2. The first-order valence-electron chi connectivity index (χ1n) is 8.27. The molecule has 1 aliphatic heterocycles. The number of nitrogens with zero attached hydrogens (tertiary/aromatic N) is 1. The minimum absolute atomic E-state index is 0.0389. The molecule has 1 N–H and O–H groups in total. The fourth-order valence-corrected chi connectivity index (χ4v) is 3.11. The van der Waals surface area contributed by atoms with Crippen LogP contribution in [0.2, 0.25) is 0 Å². The number of rotatable bonds is 6. The zero-order valence-electron chi connectivity index (χ0n) is 13.1. The van der Waals surface area contributed by atoms with Crippen molar-refractivity contribution in [1.29, 1.82) is 0 Å². The van der Waals surface area contributed by atoms with Crippen LogP contribution in [0.25, 0.3) is 0 Å². The molecule has 0 radical (unpaired) electrons. The average molecular weight is 300 g/mol. The molecule has 118 valence electrons. The third-order valence-electron chi connectivity index (χ3n) is 4.61. The standard InChI is InChI=1S/C18H24N2O2/c1-13(7-8-14-5-3-2-4-6-14)19-18(22)15-11-17(21)20(12-15)16-9-10-16/h2-6,13,15-16H,7-12H2,1H3,(H,19,22)/t13-,15+/m0/s1. The van der Waals surface area contributed by atoms with E-state index in [-0.39, 0.29) is 23.8 Å². The lowest BCUT2D eigenvalue weighted by molar-refractivity contribution is -0.129. The minimum atomic E-state index is -0.160. The summed E-state index contributed by atoms with van der Waals surface area (Å²) in [6.07, 6.45) is 4.47. The number of nitrogens with one attached hydrogen (secondary N) is 1. The Morgan fingerprint density at radius 3 is 2.73 bits per heavy atom. The van der Waals surface area contributed by atoms with Crippen molar-refractivity contribution in [2.24, 2.45) is 5.92 Å². The predicted octanol–water partition coefficient (Wildman–Crippen LogP) is 2.13. The van der Waals surface area contributed by atoms with Crippen molar-refractivity contribution in [1.82, 2.24) is 10.2 Å². The lowest BCUT2D eigenvalue weighted by Crippen LogP contribution is -2.38. The van der Waals surface area contributed by atoms with Crippen LogP contribution < -0.4 is 5.32 Å². The van der Waals surface area contributed by atoms with Gasteiger partial charge in [-0.05, 0) is 38.2 Å². The molecule has 1 aromatic carbocycles. The van der Waals surface area contributed by atoms with Gasteiger partial charge in [-0.2, -0.15) is 0 Å². The second-order valence-corrected chi connectivity index (χ2v) is 6.61. The fraction of sp³-hybridized carbons (Fsp3) is 0.556. The van der Waals surface area contributed by atoms with Gasteiger partial charge in [-0.1, -0.05) is 30.3 Å². The van der Waals surface area contributed by atoms with Crippen LogP contribution in [0, 0.1) is 5.92 Å². The van der Waals surface area contributed by atoms with Gasteiger partial charge in [-0.25, -0.2) is 0 Å². The Hall–Kier alpha value is -1.84. The summed E-state index contributed by atoms with van der Waals surface area (Å²) >= 11 is 0. The van der Waals surface area contributed by atoms with E-state index in [2.05, 4.69) is 17.4 Å². The lowest BCUT2D eigenvalue weighted by Gasteiger charge is -2.18. The van der Waals surface area contributed by atoms with Crippen LogP contribution in [0.1, 0.15) is 38.2 Å². The molecule has 0 bridgehead atoms. The first-order chi connectivity index (χ1) is 10.6. The number of aryl methyl sites for hydroxylation is 1. The topological polar surface area (TPSA) is 49.4 Å². The molecule has 0 unspecified atom stereocenters. The summed E-state index contributed by atoms with van der Waals surface area (Å²) in [5.74, 6) is 0.0314. The van der Waals surface area contributed by atoms with Crippen LogP contribution in [-0.2, 0) is 16.0 Å². The molecule has 0 spiro atoms. The molecule has 1 aliphatic carbocycles. The van der Waals surface area contributed by atoms with E-state index in [1.807, 2.05) is 30.0 Å². The van der Waals surface area contributed by atoms with Crippen molar-refractivity contribution in [3.63, 3.8) is 0 Å². The van der Waals surface area contributed by atoms with Crippen LogP contribution in [0.3, 0.4) is 0 Å². The zero-order valence-corrected chi connectivity index (χ0v) is 13.1. The maximum atomic E-state index is 12.3. The Bertz CT molecular complexity index is 539. The summed E-state index contributed by atoms with van der Waals surface area (Å²) in [6, 6.07) is 10.9. The molecule has 4 nitrogen and oxygen atoms in total. The van der Waals surface area contributed by atoms with Gasteiger partial charge < -0.3 is 10.2 Å². The molecular formula is C18H24N2O2. The predicted molar refractivity (Wildman–Crippen MR) is 85.2 cm³/mol. The van der Waals surface area contributed by atoms with Crippen LogP contribution in [0.4, 0.5) is 0 Å². The molecule has 4 heteroatoms. The quantitative estimate of drug-likeness (QED) is 0.875. The summed E-state index contributed by atoms with van der Waals surface area (Å²) in [5, 5.41) is 3.07. The Labute approximate surface area is 131 Å². The number of hydrogen-bond donors (Lipinski definition) is 1. The van der Waals surface area contributed by atoms with Gasteiger partial charge in [-0.15, -0.1) is 0 Å². The van der Waals surface area contributed by atoms with E-state index in [1.165, 1.54) is 5.56 Å². The molecule has 2 aliphatic rings. The monoisotopic (exact) mass is 300 g/mol. The van der Waals surface area contributed by atoms with Gasteiger partial charge >= 0.3 is 0 Å². The summed E-state index contributed by atoms with van der Waals surface area (Å²) in [4.78, 5) is 26.1. The Morgan fingerprint density at radius 1 is 1.32 bits per heavy atom. The zero-order chi connectivity index (χ0) is 15.5. The molecule has 2 atom stereocenters. The normalized spacial score (nSPS) is 22.7. The van der Waals surface area contributed by atoms with E-state index < -0.39 is 0 Å². The van der Waals surface area contributed by atoms with E-state index in [0.29, 0.717) is 19.0 Å². The van der Waals surface area contributed by atoms with E-state index in [4.69, 9.17) is 0 Å². The van der Waals surface area contributed by atoms with E-state index >= 15 is 0 Å². The summed E-state index contributed by atoms with van der Waals surface area (Å²) in [5.41, 5.74) is 1.29. The largest absolute Gasteiger partial charge is 0.353 e. The van der Waals surface area contributed by atoms with Gasteiger partial charge in [0.25, 0.3) is 0 Å². The van der Waals surface area contributed by atoms with Gasteiger partial charge in [0.1, 0.15) is 0 Å². The second-order valence-electron chi connectivity index (χ2n) is 6.61. The van der Waals surface area contributed by atoms with Crippen molar-refractivity contribution in [2.45, 2.75) is 51.1 Å². The van der Waals surface area contributed by atoms with Crippen LogP contribution in [-0.4, -0.2) is 35.3 Å². The molecule has 1 heterocycles. The molecule has 1 aromatic rings. The number of carbonyl (C=O) groups is 2. The van der Waals surface area contributed by atoms with E-state index in [0.717, 1.165) is 25.7 Å². The highest BCUT2D eigenvalue weighted by Crippen LogP contribution is 2.32. The van der Waals surface area contributed by atoms with E-state index in [1.54, 1.807) is 0 Å². The van der Waals surface area contributed by atoms with Crippen molar-refractivity contribution in [3.8, 4) is 0 Å². The first kappa shape index (κ1) is 15.1. The molecule has 1 saturated heterocycles. The summed E-state index contributed by atoms with van der Waals surface area (Å²) in [7, 11) is 0. The molecular weight excluding hydrogens is 276 g/mol. The minimum Gasteiger partial charge on any atom is -0.353 e. The second kappa shape index (κ2) is 6.51. The molecule has 2 fully saturated rings. The van der Waals surface area contributed by atoms with Gasteiger partial charge in [-0.3, -0.25) is 9.59 Å². The fourth-order valence-electron chi connectivity index (χ4n) is 3.11. The third-order valence-corrected chi connectivity index (χ3v) is 4.61. The molecule has 3 rings (SSSR count).